The number of amides is 1. The van der Waals surface area contributed by atoms with Crippen molar-refractivity contribution >= 4 is 21.6 Å². The number of H-pyrrole nitrogens is 1. The molecule has 0 unspecified atom stereocenters. The third kappa shape index (κ3) is 4.72. The highest BCUT2D eigenvalue weighted by molar-refractivity contribution is 7.92. The molecule has 0 saturated heterocycles. The first-order chi connectivity index (χ1) is 11.9. The molecule has 136 valence electrons. The van der Waals surface area contributed by atoms with Crippen LogP contribution in [0.3, 0.4) is 0 Å². The SMILES string of the molecule is CCOc1ccc(NS(=O)(=O)c2[nH]ncc2C(=O)N[C@H](C)CC)cc1. The molecule has 0 aliphatic heterocycles. The number of nitrogens with one attached hydrogen (secondary N) is 3. The molecule has 1 amide bonds. The lowest BCUT2D eigenvalue weighted by Gasteiger charge is -2.12. The summed E-state index contributed by atoms with van der Waals surface area (Å²) in [6.07, 6.45) is 1.93. The van der Waals surface area contributed by atoms with Crippen LogP contribution in [-0.2, 0) is 10.0 Å². The molecule has 3 N–H and O–H groups in total. The zero-order chi connectivity index (χ0) is 18.4. The van der Waals surface area contributed by atoms with Crippen LogP contribution in [0.15, 0.2) is 35.5 Å². The highest BCUT2D eigenvalue weighted by Gasteiger charge is 2.25. The molecular formula is C16H22N4O4S. The molecule has 0 spiro atoms. The summed E-state index contributed by atoms with van der Waals surface area (Å²) in [6, 6.07) is 6.41. The Hall–Kier alpha value is -2.55. The van der Waals surface area contributed by atoms with E-state index in [-0.39, 0.29) is 16.6 Å². The predicted molar refractivity (Wildman–Crippen MR) is 94.2 cm³/mol. The van der Waals surface area contributed by atoms with Crippen LogP contribution in [0.25, 0.3) is 0 Å². The second kappa shape index (κ2) is 8.02. The first-order valence-corrected chi connectivity index (χ1v) is 9.45. The van der Waals surface area contributed by atoms with Crippen LogP contribution in [0, 0.1) is 0 Å². The molecule has 0 fully saturated rings. The average Bonchev–Trinajstić information content (AvgIpc) is 3.07. The Morgan fingerprint density at radius 3 is 2.56 bits per heavy atom. The fourth-order valence-electron chi connectivity index (χ4n) is 2.04. The summed E-state index contributed by atoms with van der Waals surface area (Å²) in [5.41, 5.74) is 0.324. The Bertz CT molecular complexity index is 815. The van der Waals surface area contributed by atoms with Crippen LogP contribution in [-0.4, -0.2) is 37.2 Å². The molecule has 1 heterocycles. The molecule has 25 heavy (non-hydrogen) atoms. The predicted octanol–water partition coefficient (Wildman–Crippen LogP) is 2.14. The van der Waals surface area contributed by atoms with E-state index in [2.05, 4.69) is 20.2 Å². The Kier molecular flexibility index (Phi) is 6.02. The average molecular weight is 366 g/mol. The van der Waals surface area contributed by atoms with Crippen LogP contribution in [0.1, 0.15) is 37.6 Å². The minimum atomic E-state index is -3.98. The van der Waals surface area contributed by atoms with Crippen molar-refractivity contribution in [2.24, 2.45) is 0 Å². The maximum atomic E-state index is 12.6. The number of rotatable bonds is 8. The van der Waals surface area contributed by atoms with Gasteiger partial charge in [-0.15, -0.1) is 0 Å². The summed E-state index contributed by atoms with van der Waals surface area (Å²) < 4.78 is 32.9. The van der Waals surface area contributed by atoms with Gasteiger partial charge in [0, 0.05) is 11.7 Å². The van der Waals surface area contributed by atoms with Gasteiger partial charge in [-0.3, -0.25) is 14.6 Å². The molecule has 9 heteroatoms. The van der Waals surface area contributed by atoms with Gasteiger partial charge in [0.15, 0.2) is 5.03 Å². The van der Waals surface area contributed by atoms with E-state index < -0.39 is 15.9 Å². The van der Waals surface area contributed by atoms with Crippen molar-refractivity contribution in [3.8, 4) is 5.75 Å². The number of carbonyl (C=O) groups excluding carboxylic acids is 1. The number of ether oxygens (including phenoxy) is 1. The number of sulfonamides is 1. The van der Waals surface area contributed by atoms with Crippen LogP contribution >= 0.6 is 0 Å². The third-order valence-electron chi connectivity index (χ3n) is 3.53. The molecular weight excluding hydrogens is 344 g/mol. The summed E-state index contributed by atoms with van der Waals surface area (Å²) in [6.45, 7) is 6.14. The summed E-state index contributed by atoms with van der Waals surface area (Å²) in [7, 11) is -3.98. The monoisotopic (exact) mass is 366 g/mol. The molecule has 0 radical (unpaired) electrons. The van der Waals surface area contributed by atoms with Crippen LogP contribution < -0.4 is 14.8 Å². The fraction of sp³-hybridized carbons (Fsp3) is 0.375. The molecule has 2 aromatic rings. The number of carbonyl (C=O) groups is 1. The molecule has 0 aliphatic carbocycles. The minimum absolute atomic E-state index is 0.0289. The van der Waals surface area contributed by atoms with Gasteiger partial charge in [-0.25, -0.2) is 0 Å². The molecule has 1 aromatic carbocycles. The van der Waals surface area contributed by atoms with Crippen molar-refractivity contribution in [3.05, 3.63) is 36.0 Å². The Morgan fingerprint density at radius 2 is 1.96 bits per heavy atom. The van der Waals surface area contributed by atoms with Gasteiger partial charge >= 0.3 is 0 Å². The van der Waals surface area contributed by atoms with E-state index in [9.17, 15) is 13.2 Å². The standard InChI is InChI=1S/C16H22N4O4S/c1-4-11(3)18-15(21)14-10-17-19-16(14)25(22,23)20-12-6-8-13(9-7-12)24-5-2/h6-11,20H,4-5H2,1-3H3,(H,17,19)(H,18,21)/t11-/m1/s1. The minimum Gasteiger partial charge on any atom is -0.494 e. The lowest BCUT2D eigenvalue weighted by molar-refractivity contribution is 0.0936. The van der Waals surface area contributed by atoms with E-state index in [4.69, 9.17) is 4.74 Å². The van der Waals surface area contributed by atoms with Gasteiger partial charge in [0.05, 0.1) is 18.4 Å². The van der Waals surface area contributed by atoms with Gasteiger partial charge in [0.25, 0.3) is 15.9 Å². The maximum absolute atomic E-state index is 12.6. The number of anilines is 1. The van der Waals surface area contributed by atoms with Crippen molar-refractivity contribution in [1.82, 2.24) is 15.5 Å². The van der Waals surface area contributed by atoms with Crippen molar-refractivity contribution in [2.75, 3.05) is 11.3 Å². The molecule has 0 saturated carbocycles. The lowest BCUT2D eigenvalue weighted by atomic mass is 10.2. The Morgan fingerprint density at radius 1 is 1.28 bits per heavy atom. The second-order valence-electron chi connectivity index (χ2n) is 5.46. The van der Waals surface area contributed by atoms with Crippen LogP contribution in [0.5, 0.6) is 5.75 Å². The zero-order valence-corrected chi connectivity index (χ0v) is 15.2. The lowest BCUT2D eigenvalue weighted by Crippen LogP contribution is -2.33. The first kappa shape index (κ1) is 18.8. The molecule has 8 nitrogen and oxygen atoms in total. The normalized spacial score (nSPS) is 12.4. The molecule has 0 bridgehead atoms. The summed E-state index contributed by atoms with van der Waals surface area (Å²) >= 11 is 0. The number of aromatic amines is 1. The number of hydrogen-bond donors (Lipinski definition) is 3. The highest BCUT2D eigenvalue weighted by Crippen LogP contribution is 2.20. The smallest absolute Gasteiger partial charge is 0.279 e. The number of aromatic nitrogens is 2. The highest BCUT2D eigenvalue weighted by atomic mass is 32.2. The van der Waals surface area contributed by atoms with Crippen molar-refractivity contribution in [3.63, 3.8) is 0 Å². The molecule has 0 aliphatic rings. The molecule has 1 atom stereocenters. The Balaban J connectivity index is 2.20. The van der Waals surface area contributed by atoms with E-state index in [1.54, 1.807) is 24.3 Å². The van der Waals surface area contributed by atoms with E-state index in [1.165, 1.54) is 6.20 Å². The quantitative estimate of drug-likeness (QED) is 0.662. The van der Waals surface area contributed by atoms with Gasteiger partial charge in [-0.2, -0.15) is 13.5 Å². The number of hydrogen-bond acceptors (Lipinski definition) is 5. The summed E-state index contributed by atoms with van der Waals surface area (Å²) in [4.78, 5) is 12.2. The largest absolute Gasteiger partial charge is 0.494 e. The van der Waals surface area contributed by atoms with Crippen molar-refractivity contribution in [2.45, 2.75) is 38.3 Å². The summed E-state index contributed by atoms with van der Waals surface area (Å²) in [5, 5.41) is 8.53. The van der Waals surface area contributed by atoms with Gasteiger partial charge in [-0.1, -0.05) is 6.92 Å². The van der Waals surface area contributed by atoms with Gasteiger partial charge in [0.1, 0.15) is 5.75 Å². The second-order valence-corrected chi connectivity index (χ2v) is 7.08. The third-order valence-corrected chi connectivity index (χ3v) is 4.88. The fourth-order valence-corrected chi connectivity index (χ4v) is 3.19. The van der Waals surface area contributed by atoms with Gasteiger partial charge < -0.3 is 10.1 Å². The topological polar surface area (TPSA) is 113 Å². The molecule has 2 rings (SSSR count). The zero-order valence-electron chi connectivity index (χ0n) is 14.4. The molecule has 1 aromatic heterocycles. The van der Waals surface area contributed by atoms with Gasteiger partial charge in [0.2, 0.25) is 0 Å². The maximum Gasteiger partial charge on any atom is 0.279 e. The summed E-state index contributed by atoms with van der Waals surface area (Å²) in [5.74, 6) is 0.149. The van der Waals surface area contributed by atoms with Crippen LogP contribution in [0.4, 0.5) is 5.69 Å². The van der Waals surface area contributed by atoms with Crippen LogP contribution in [0.2, 0.25) is 0 Å². The van der Waals surface area contributed by atoms with E-state index in [1.807, 2.05) is 20.8 Å². The number of benzene rings is 1. The van der Waals surface area contributed by atoms with E-state index >= 15 is 0 Å². The van der Waals surface area contributed by atoms with E-state index in [0.29, 0.717) is 18.0 Å². The number of nitrogens with zero attached hydrogens (tertiary/aromatic N) is 1. The van der Waals surface area contributed by atoms with Crippen molar-refractivity contribution < 1.29 is 17.9 Å². The van der Waals surface area contributed by atoms with Gasteiger partial charge in [-0.05, 0) is 44.5 Å². The first-order valence-electron chi connectivity index (χ1n) is 7.97. The van der Waals surface area contributed by atoms with Crippen molar-refractivity contribution in [1.29, 1.82) is 0 Å². The van der Waals surface area contributed by atoms with E-state index in [0.717, 1.165) is 6.42 Å². The Labute approximate surface area is 147 Å².